The predicted octanol–water partition coefficient (Wildman–Crippen LogP) is 9.69. The lowest BCUT2D eigenvalue weighted by Gasteiger charge is -2.38. The maximum Gasteiger partial charge on any atom is 0.279 e. The first-order valence-corrected chi connectivity index (χ1v) is 46.9. The molecule has 4 aromatic carbocycles. The van der Waals surface area contributed by atoms with Crippen LogP contribution in [0.1, 0.15) is 150 Å². The van der Waals surface area contributed by atoms with Crippen LogP contribution < -0.4 is 37.3 Å². The average Bonchev–Trinajstić information content (AvgIpc) is 1.56. The number of nitrogens with zero attached hydrogens (tertiary/aromatic N) is 5. The van der Waals surface area contributed by atoms with Gasteiger partial charge in [-0.15, -0.1) is 0 Å². The number of para-hydroxylation sites is 2. The number of amides is 1. The topological polar surface area (TPSA) is 264 Å². The number of benzene rings is 4. The molecule has 10 aliphatic rings. The van der Waals surface area contributed by atoms with Gasteiger partial charge in [-0.25, -0.2) is 16.8 Å². The number of epoxide rings is 2. The third-order valence-corrected chi connectivity index (χ3v) is 32.6. The quantitative estimate of drug-likeness (QED) is 0.0535. The van der Waals surface area contributed by atoms with Gasteiger partial charge in [-0.3, -0.25) is 13.4 Å². The molecule has 6 aliphatic heterocycles. The summed E-state index contributed by atoms with van der Waals surface area (Å²) >= 11 is 0. The van der Waals surface area contributed by atoms with Gasteiger partial charge in [-0.1, -0.05) is 106 Å². The van der Waals surface area contributed by atoms with Gasteiger partial charge in [-0.05, 0) is 157 Å². The molecule has 93 heavy (non-hydrogen) atoms. The fourth-order valence-electron chi connectivity index (χ4n) is 18.0. The summed E-state index contributed by atoms with van der Waals surface area (Å²) in [4.78, 5) is 17.7. The summed E-state index contributed by atoms with van der Waals surface area (Å²) in [6.45, 7) is 21.2. The average molecular weight is 1380 g/mol. The Hall–Kier alpha value is -4.77. The van der Waals surface area contributed by atoms with E-state index in [9.17, 15) is 43.7 Å². The molecule has 0 aromatic heterocycles. The number of rotatable bonds is 18. The van der Waals surface area contributed by atoms with Gasteiger partial charge in [0.1, 0.15) is 11.6 Å². The number of hydrogen-bond donors (Lipinski definition) is 4. The van der Waals surface area contributed by atoms with Crippen LogP contribution in [-0.2, 0) is 76.9 Å². The highest BCUT2D eigenvalue weighted by atomic mass is 32.2. The van der Waals surface area contributed by atoms with Crippen LogP contribution in [0, 0.1) is 11.3 Å². The Bertz CT molecular complexity index is 4240. The van der Waals surface area contributed by atoms with Gasteiger partial charge in [0.05, 0.1) is 81.1 Å². The van der Waals surface area contributed by atoms with Crippen LogP contribution in [-0.4, -0.2) is 123 Å². The van der Waals surface area contributed by atoms with Crippen molar-refractivity contribution in [1.82, 2.24) is 18.9 Å². The van der Waals surface area contributed by atoms with Crippen molar-refractivity contribution in [3.05, 3.63) is 118 Å². The number of anilines is 4. The minimum absolute atomic E-state index is 0.00690. The molecular weight excluding hydrogens is 1290 g/mol. The second-order valence-electron chi connectivity index (χ2n) is 31.7. The van der Waals surface area contributed by atoms with Gasteiger partial charge in [-0.2, -0.15) is 41.0 Å². The first-order valence-electron chi connectivity index (χ1n) is 33.3. The Morgan fingerprint density at radius 2 is 0.925 bits per heavy atom. The lowest BCUT2D eigenvalue weighted by molar-refractivity contribution is -0.123. The Morgan fingerprint density at radius 1 is 0.527 bits per heavy atom. The van der Waals surface area contributed by atoms with E-state index in [0.717, 1.165) is 35.2 Å². The maximum absolute atomic E-state index is 14.7. The van der Waals surface area contributed by atoms with Gasteiger partial charge in [0.15, 0.2) is 0 Å². The third-order valence-electron chi connectivity index (χ3n) is 22.3. The molecule has 4 aromatic rings. The molecule has 504 valence electrons. The highest BCUT2D eigenvalue weighted by molar-refractivity contribution is 7.93. The second kappa shape index (κ2) is 22.4. The summed E-state index contributed by atoms with van der Waals surface area (Å²) in [5.74, 6) is -0.117. The monoisotopic (exact) mass is 1380 g/mol. The smallest absolute Gasteiger partial charge is 0.279 e. The van der Waals surface area contributed by atoms with Crippen LogP contribution >= 0.6 is 0 Å². The minimum atomic E-state index is -4.37. The zero-order chi connectivity index (χ0) is 66.9. The Labute approximate surface area is 553 Å². The van der Waals surface area contributed by atoms with Crippen LogP contribution in [0.3, 0.4) is 0 Å². The molecule has 0 bridgehead atoms. The number of nitriles is 1. The van der Waals surface area contributed by atoms with Crippen LogP contribution in [0.25, 0.3) is 0 Å². The second-order valence-corrected chi connectivity index (χ2v) is 49.7. The van der Waals surface area contributed by atoms with Crippen molar-refractivity contribution in [2.45, 2.75) is 232 Å². The Kier molecular flexibility index (Phi) is 16.1. The lowest BCUT2D eigenvalue weighted by Crippen LogP contribution is -2.62. The summed E-state index contributed by atoms with van der Waals surface area (Å²) in [6.07, 6.45) is 7.09. The molecule has 0 unspecified atom stereocenters. The number of carbonyl (C=O) groups excluding carboxylic acids is 1. The van der Waals surface area contributed by atoms with E-state index >= 15 is 0 Å². The van der Waals surface area contributed by atoms with E-state index in [0.29, 0.717) is 110 Å². The molecule has 14 rings (SSSR count). The van der Waals surface area contributed by atoms with Crippen LogP contribution in [0.15, 0.2) is 84.9 Å². The number of ether oxygens (including phenoxy) is 2. The van der Waals surface area contributed by atoms with Crippen molar-refractivity contribution < 1.29 is 47.9 Å². The zero-order valence-corrected chi connectivity index (χ0v) is 61.1. The summed E-state index contributed by atoms with van der Waals surface area (Å²) in [5.41, 5.74) is 2.09. The van der Waals surface area contributed by atoms with E-state index in [1.165, 1.54) is 8.61 Å². The van der Waals surface area contributed by atoms with E-state index in [-0.39, 0.29) is 52.7 Å². The number of likely N-dealkylation sites (N-methyl/N-ethyl adjacent to an activating group) is 2. The van der Waals surface area contributed by atoms with E-state index in [4.69, 9.17) is 9.47 Å². The predicted molar refractivity (Wildman–Crippen MR) is 369 cm³/mol. The molecule has 2 saturated carbocycles. The van der Waals surface area contributed by atoms with Gasteiger partial charge in [0.2, 0.25) is 20.0 Å². The molecule has 20 nitrogen and oxygen atoms in total. The molecule has 11 atom stereocenters. The fraction of sp³-hybridized carbons (Fsp3) is 0.612. The molecule has 0 spiro atoms. The number of carbonyl (C=O) groups is 1. The third kappa shape index (κ3) is 11.1. The first-order chi connectivity index (χ1) is 43.4. The molecule has 6 heterocycles. The van der Waals surface area contributed by atoms with Gasteiger partial charge >= 0.3 is 0 Å². The van der Waals surface area contributed by atoms with Crippen LogP contribution in [0.2, 0.25) is 51.4 Å². The van der Waals surface area contributed by atoms with Gasteiger partial charge in [0, 0.05) is 64.6 Å². The molecule has 4 N–H and O–H groups in total. The van der Waals surface area contributed by atoms with Crippen molar-refractivity contribution in [3.63, 3.8) is 0 Å². The highest BCUT2D eigenvalue weighted by Gasteiger charge is 2.65. The van der Waals surface area contributed by atoms with Gasteiger partial charge < -0.3 is 19.3 Å². The summed E-state index contributed by atoms with van der Waals surface area (Å²) in [7, 11) is -15.9. The first kappa shape index (κ1) is 66.8. The maximum atomic E-state index is 14.7. The number of sulfonamides is 2. The van der Waals surface area contributed by atoms with Crippen molar-refractivity contribution in [3.8, 4) is 6.07 Å². The Balaban J connectivity index is 0.000000169. The normalized spacial score (nSPS) is 31.9. The summed E-state index contributed by atoms with van der Waals surface area (Å²) in [5, 5.41) is 10.6. The zero-order valence-electron chi connectivity index (χ0n) is 55.8. The van der Waals surface area contributed by atoms with Crippen molar-refractivity contribution in [2.75, 3.05) is 44.0 Å². The highest BCUT2D eigenvalue weighted by Crippen LogP contribution is 2.60. The standard InChI is InChI=1S/C34H47N5O5S2Si.C33H46N4O6S2Si/c1-32(2)31(44-32)24-13-10-19-34(29(22-35)38(3)27-16-9-12-23(24)30(27)34)37-46(42,43)36-33-18-11-17-28(33)39(26-15-8-7-14-25(26)33)45(40,41)20-21-47(4,5)6;1-31(2)29(43-31)23-13-10-19-33(28-22(23)12-9-16-26(28)36(3)30(33)38)35-45(41,42)34-32-18-11-17-27(32)37(25-15-8-7-14-24(25)32)44(39,40)20-21-46(4,5)6/h7-9,12,14-16,24,28-29,31,36-37H,10-11,13,17-21H2,1-6H3;7-9,12,14-16,23,27,29,34-35H,10-11,13,17-21H2,1-6H3/t24-,28+,29+,31+,33-,34+;23-,27+,29+,32-,33-/m00/s1. The van der Waals surface area contributed by atoms with E-state index in [2.05, 4.69) is 98.0 Å². The minimum Gasteiger partial charge on any atom is -0.366 e. The van der Waals surface area contributed by atoms with E-state index < -0.39 is 96.9 Å². The van der Waals surface area contributed by atoms with Crippen molar-refractivity contribution >= 4 is 85.3 Å². The van der Waals surface area contributed by atoms with Gasteiger partial charge in [0.25, 0.3) is 26.3 Å². The lowest BCUT2D eigenvalue weighted by atomic mass is 9.80. The number of hydrogen-bond acceptors (Lipinski definition) is 13. The molecule has 26 heteroatoms. The molecule has 2 saturated heterocycles. The molecule has 0 radical (unpaired) electrons. The summed E-state index contributed by atoms with van der Waals surface area (Å²) < 4.78 is 142. The van der Waals surface area contributed by atoms with E-state index in [1.807, 2.05) is 72.6 Å². The molecule has 1 amide bonds. The molecule has 4 fully saturated rings. The van der Waals surface area contributed by atoms with E-state index in [1.54, 1.807) is 30.1 Å². The SMILES string of the molecule is CN1C(=O)[C@]2(NS(=O)(=O)N[C@]34CCC[C@H]3N(S(=O)(=O)CC[Si](C)(C)C)c3ccccc34)CCC[C@H]([C@H]3OC3(C)C)c3cccc1c32.CN1c2cccc3c2[C@@](NS(=O)(=O)N[C@]24CCC[C@H]2N(S(=O)(=O)CC[Si](C)(C)C)c2ccccc24)(CCC[C@@H]3[C@H]2OC2(C)C)[C@H]1C#N. The molecule has 4 aliphatic carbocycles. The van der Waals surface area contributed by atoms with Crippen LogP contribution in [0.5, 0.6) is 0 Å². The van der Waals surface area contributed by atoms with Crippen LogP contribution in [0.4, 0.5) is 22.7 Å². The Morgan fingerprint density at radius 3 is 1.39 bits per heavy atom. The van der Waals surface area contributed by atoms with Crippen molar-refractivity contribution in [2.24, 2.45) is 0 Å². The number of nitrogens with one attached hydrogen (secondary N) is 4. The number of fused-ring (bicyclic) bond motifs is 6. The van der Waals surface area contributed by atoms with Crippen molar-refractivity contribution in [1.29, 1.82) is 5.26 Å². The summed E-state index contributed by atoms with van der Waals surface area (Å²) in [6, 6.07) is 28.2. The fourth-order valence-corrected chi connectivity index (χ4v) is 30.9. The largest absolute Gasteiger partial charge is 0.366 e. The molecular formula is C67H93N9O11S4Si2.